The van der Waals surface area contributed by atoms with E-state index in [4.69, 9.17) is 61.5 Å². The highest BCUT2D eigenvalue weighted by atomic mass is 35.5. The van der Waals surface area contributed by atoms with Gasteiger partial charge in [0.2, 0.25) is 0 Å². The average molecular weight is 1700 g/mol. The molecular weight excluding hydrogens is 1600 g/mol. The number of ketones is 3. The van der Waals surface area contributed by atoms with Gasteiger partial charge in [-0.3, -0.25) is 62.0 Å². The number of aldehydes is 1. The molecule has 18 rings (SSSR count). The third-order valence-corrected chi connectivity index (χ3v) is 23.1. The van der Waals surface area contributed by atoms with Gasteiger partial charge in [-0.1, -0.05) is 70.7 Å². The summed E-state index contributed by atoms with van der Waals surface area (Å²) in [7, 11) is 9.64. The molecule has 0 aliphatic carbocycles. The molecule has 0 bridgehead atoms. The number of anilines is 4. The number of piperazine rings is 4. The van der Waals surface area contributed by atoms with Crippen LogP contribution in [0, 0.1) is 0 Å². The number of nitrogens with zero attached hydrogens (tertiary/aromatic N) is 20. The number of aliphatic hydroxyl groups is 1. The zero-order chi connectivity index (χ0) is 84.2. The van der Waals surface area contributed by atoms with Gasteiger partial charge in [-0.05, 0) is 188 Å². The number of hydrogen-bond acceptors (Lipinski definition) is 23. The predicted molar refractivity (Wildman–Crippen MR) is 478 cm³/mol. The lowest BCUT2D eigenvalue weighted by atomic mass is 9.93. The summed E-state index contributed by atoms with van der Waals surface area (Å²) in [5.41, 5.74) is 9.74. The highest BCUT2D eigenvalue weighted by Gasteiger charge is 2.33. The van der Waals surface area contributed by atoms with Crippen LogP contribution in [0.15, 0.2) is 189 Å². The van der Waals surface area contributed by atoms with E-state index in [9.17, 15) is 19.2 Å². The average Bonchev–Trinajstić information content (AvgIpc) is 1.65. The van der Waals surface area contributed by atoms with Crippen molar-refractivity contribution in [3.05, 3.63) is 255 Å². The molecule has 12 aromatic heterocycles. The molecule has 31 heteroatoms. The van der Waals surface area contributed by atoms with E-state index in [1.165, 1.54) is 24.2 Å². The SMILES string of the molecule is CC(=O)/C=C/c1cn2c(N3CCN(C)CC3)cccc2n1.CN1CCN(c2cccc3nc(/C=C/C(=O)/C=C/c4ncccc4Cl)cn23)CC1.CN1CCN(c2cccc3nc(C4CC(=O)CC(c5ncccc5Cl)N4)cn23)CC1.CN1CCN(c2cccc3nc([C@@H]4CCC[C@H](c5ncccc5Cl)N4)cn23)CC1.CO.O=Cc1ncccc1Cl. The number of aliphatic hydroxyl groups excluding tert-OH is 1. The Balaban J connectivity index is 0.000000133. The monoisotopic (exact) mass is 1700 g/mol. The Morgan fingerprint density at radius 3 is 1.16 bits per heavy atom. The number of aromatic nitrogens is 12. The van der Waals surface area contributed by atoms with Crippen molar-refractivity contribution in [1.82, 2.24) is 87.7 Å². The third kappa shape index (κ3) is 22.5. The number of likely N-dealkylation sites (N-methyl/N-ethyl adjacent to an activating group) is 4. The molecule has 120 heavy (non-hydrogen) atoms. The Hall–Kier alpha value is -10.7. The molecule has 6 fully saturated rings. The number of halogens is 4. The maximum atomic E-state index is 12.5. The molecule has 18 heterocycles. The van der Waals surface area contributed by atoms with Gasteiger partial charge in [-0.2, -0.15) is 0 Å². The van der Waals surface area contributed by atoms with Crippen LogP contribution in [-0.4, -0.2) is 246 Å². The van der Waals surface area contributed by atoms with Crippen molar-refractivity contribution >= 4 is 134 Å². The topological polar surface area (TPSA) is 259 Å². The highest BCUT2D eigenvalue weighted by molar-refractivity contribution is 6.33. The molecule has 626 valence electrons. The fourth-order valence-corrected chi connectivity index (χ4v) is 16.1. The minimum absolute atomic E-state index is 0.0337. The van der Waals surface area contributed by atoms with E-state index < -0.39 is 0 Å². The third-order valence-electron chi connectivity index (χ3n) is 21.9. The van der Waals surface area contributed by atoms with Gasteiger partial charge in [-0.15, -0.1) is 0 Å². The molecule has 0 spiro atoms. The normalized spacial score (nSPS) is 19.0. The molecule has 3 N–H and O–H groups in total. The van der Waals surface area contributed by atoms with E-state index in [0.29, 0.717) is 45.6 Å². The summed E-state index contributed by atoms with van der Waals surface area (Å²) in [6.07, 6.45) is 29.3. The molecule has 0 aromatic carbocycles. The lowest BCUT2D eigenvalue weighted by Crippen LogP contribution is -2.45. The first-order valence-corrected chi connectivity index (χ1v) is 42.0. The molecule has 12 aromatic rings. The summed E-state index contributed by atoms with van der Waals surface area (Å²) in [6, 6.07) is 39.1. The largest absolute Gasteiger partial charge is 0.400 e. The Morgan fingerprint density at radius 1 is 0.400 bits per heavy atom. The number of carbonyl (C=O) groups is 4. The van der Waals surface area contributed by atoms with Crippen LogP contribution in [-0.2, 0) is 14.4 Å². The van der Waals surface area contributed by atoms with Gasteiger partial charge in [0.25, 0.3) is 0 Å². The Kier molecular flexibility index (Phi) is 30.5. The van der Waals surface area contributed by atoms with E-state index in [1.54, 1.807) is 74.0 Å². The molecule has 0 amide bonds. The lowest BCUT2D eigenvalue weighted by molar-refractivity contribution is -0.122. The minimum atomic E-state index is -0.202. The van der Waals surface area contributed by atoms with Crippen molar-refractivity contribution in [2.24, 2.45) is 0 Å². The number of pyridine rings is 8. The van der Waals surface area contributed by atoms with Crippen molar-refractivity contribution in [1.29, 1.82) is 0 Å². The van der Waals surface area contributed by atoms with Crippen LogP contribution < -0.4 is 30.2 Å². The summed E-state index contributed by atoms with van der Waals surface area (Å²) in [5, 5.41) is 16.5. The molecule has 2 unspecified atom stereocenters. The molecule has 6 saturated heterocycles. The lowest BCUT2D eigenvalue weighted by Gasteiger charge is -2.34. The highest BCUT2D eigenvalue weighted by Crippen LogP contribution is 2.37. The van der Waals surface area contributed by atoms with Crippen LogP contribution >= 0.6 is 46.4 Å². The predicted octanol–water partition coefficient (Wildman–Crippen LogP) is 12.8. The van der Waals surface area contributed by atoms with Crippen LogP contribution in [0.3, 0.4) is 0 Å². The summed E-state index contributed by atoms with van der Waals surface area (Å²) in [4.78, 5) is 101. The number of hydrogen-bond donors (Lipinski definition) is 3. The maximum Gasteiger partial charge on any atom is 0.178 e. The number of carbonyl (C=O) groups excluding carboxylic acids is 4. The molecule has 6 aliphatic heterocycles. The van der Waals surface area contributed by atoms with Gasteiger partial charge >= 0.3 is 0 Å². The van der Waals surface area contributed by atoms with Crippen LogP contribution in [0.1, 0.15) is 114 Å². The summed E-state index contributed by atoms with van der Waals surface area (Å²) in [6.45, 7) is 18.1. The first-order chi connectivity index (χ1) is 58.3. The van der Waals surface area contributed by atoms with Crippen molar-refractivity contribution in [3.8, 4) is 0 Å². The number of imidazole rings is 4. The van der Waals surface area contributed by atoms with Gasteiger partial charge in [0, 0.05) is 174 Å². The molecular formula is C89H102Cl4N22O5. The van der Waals surface area contributed by atoms with Crippen LogP contribution in [0.25, 0.3) is 40.8 Å². The van der Waals surface area contributed by atoms with Crippen molar-refractivity contribution < 1.29 is 24.3 Å². The summed E-state index contributed by atoms with van der Waals surface area (Å²) >= 11 is 24.3. The second kappa shape index (κ2) is 42.0. The zero-order valence-electron chi connectivity index (χ0n) is 68.4. The first kappa shape index (κ1) is 87.2. The smallest absolute Gasteiger partial charge is 0.178 e. The molecule has 27 nitrogen and oxygen atoms in total. The zero-order valence-corrected chi connectivity index (χ0v) is 71.4. The summed E-state index contributed by atoms with van der Waals surface area (Å²) in [5.74, 6) is 4.74. The van der Waals surface area contributed by atoms with Gasteiger partial charge in [-0.25, -0.2) is 19.9 Å². The molecule has 6 aliphatic rings. The maximum absolute atomic E-state index is 12.5. The van der Waals surface area contributed by atoms with Crippen molar-refractivity contribution in [2.75, 3.05) is 160 Å². The van der Waals surface area contributed by atoms with Gasteiger partial charge in [0.15, 0.2) is 17.9 Å². The number of Topliss-reactive ketones (excluding diaryl/α,β-unsaturated/α-hetero) is 1. The Labute approximate surface area is 719 Å². The second-order valence-corrected chi connectivity index (χ2v) is 31.9. The van der Waals surface area contributed by atoms with E-state index in [1.807, 2.05) is 67.1 Å². The van der Waals surface area contributed by atoms with Crippen LogP contribution in [0.5, 0.6) is 0 Å². The second-order valence-electron chi connectivity index (χ2n) is 30.3. The quantitative estimate of drug-likeness (QED) is 0.0636. The van der Waals surface area contributed by atoms with Gasteiger partial charge in [0.1, 0.15) is 57.3 Å². The minimum Gasteiger partial charge on any atom is -0.400 e. The summed E-state index contributed by atoms with van der Waals surface area (Å²) < 4.78 is 8.58. The first-order valence-electron chi connectivity index (χ1n) is 40.5. The number of allylic oxidation sites excluding steroid dienone is 3. The van der Waals surface area contributed by atoms with E-state index >= 15 is 0 Å². The molecule has 4 atom stereocenters. The van der Waals surface area contributed by atoms with Crippen LogP contribution in [0.2, 0.25) is 20.1 Å². The number of fused-ring (bicyclic) bond motifs is 4. The van der Waals surface area contributed by atoms with Crippen molar-refractivity contribution in [2.45, 2.75) is 63.2 Å². The van der Waals surface area contributed by atoms with E-state index in [2.05, 4.69) is 180 Å². The van der Waals surface area contributed by atoms with E-state index in [0.717, 1.165) is 210 Å². The number of nitrogens with one attached hydrogen (secondary N) is 2. The van der Waals surface area contributed by atoms with Gasteiger partial charge < -0.3 is 49.6 Å². The van der Waals surface area contributed by atoms with E-state index in [-0.39, 0.29) is 41.5 Å². The van der Waals surface area contributed by atoms with Crippen LogP contribution in [0.4, 0.5) is 23.3 Å². The number of piperidine rings is 2. The Bertz CT molecular complexity index is 5560. The number of rotatable bonds is 15. The Morgan fingerprint density at radius 2 is 0.750 bits per heavy atom. The molecule has 0 radical (unpaired) electrons. The van der Waals surface area contributed by atoms with Crippen molar-refractivity contribution in [3.63, 3.8) is 0 Å². The fraction of sp³-hybridized carbons (Fsp3) is 0.348. The standard InChI is InChI=1S/C22H25ClN6O.C22H27ClN6.C22H22ClN5O.C16H20N4O.C6H4ClNO.CH4O/c1-27-8-10-28(11-9-27)21-6-2-5-20-26-19(14-29(20)21)17-12-15(30)13-18(25-17)22-16(23)4-3-7-24-22;1-27-11-13-28(14-12-27)21-9-3-8-20-26-19(15-29(20)21)17-6-2-7-18(25-17)22-16(23)5-4-10-24-22;1-26-12-14-27(15-13-26)22-6-2-5-21-25-17(16-28(21)22)7-8-18(29)9-10-20-19(23)4-3-11-24-20;1-13(21)6-7-14-12-20-15(17-14)4-3-5-16(20)19-10-8-18(2)9-11-19;7-5-2-1-3-8-6(5)4-9;1-2/h2-7,14,17-18,25H,8-13H2,1H3;3-5,8-10,15,17-18,25H,2,6-7,11-14H2,1H3;2-11,16H,12-15H2,1H3;3-7,12H,8-11H2,1-2H3;1-4H;2H,1H3/b;;8-7+,10-9+;7-6+;;/t;17-,18+;;;;/m.0..../s1. The molecule has 0 saturated carbocycles. The van der Waals surface area contributed by atoms with Gasteiger partial charge in [0.05, 0.1) is 84.1 Å². The fourth-order valence-electron chi connectivity index (χ4n) is 15.3.